The van der Waals surface area contributed by atoms with Gasteiger partial charge in [-0.2, -0.15) is 0 Å². The Labute approximate surface area is 159 Å². The van der Waals surface area contributed by atoms with Crippen LogP contribution in [0, 0.1) is 0 Å². The van der Waals surface area contributed by atoms with Crippen molar-refractivity contribution in [3.05, 3.63) is 76.1 Å². The fourth-order valence-corrected chi connectivity index (χ4v) is 2.95. The summed E-state index contributed by atoms with van der Waals surface area (Å²) >= 11 is 5.91. The zero-order valence-electron chi connectivity index (χ0n) is 13.9. The van der Waals surface area contributed by atoms with Gasteiger partial charge in [0.1, 0.15) is 0 Å². The van der Waals surface area contributed by atoms with Crippen LogP contribution in [0.5, 0.6) is 0 Å². The zero-order valence-corrected chi connectivity index (χ0v) is 14.7. The molecule has 0 spiro atoms. The number of hydrogen-bond acceptors (Lipinski definition) is 2. The molecule has 1 aliphatic carbocycles. The predicted molar refractivity (Wildman–Crippen MR) is 91.6 cm³/mol. The first-order chi connectivity index (χ1) is 11.0. The maximum Gasteiger partial charge on any atom is 1.00 e. The van der Waals surface area contributed by atoms with Crippen LogP contribution in [-0.4, -0.2) is 17.1 Å². The molecule has 0 aromatic heterocycles. The largest absolute Gasteiger partial charge is 1.00 e. The third-order valence-corrected chi connectivity index (χ3v) is 4.73. The number of carbonyl (C=O) groups excluding carboxylic acids is 1. The van der Waals surface area contributed by atoms with Crippen LogP contribution in [0.2, 0.25) is 5.02 Å². The Morgan fingerprint density at radius 2 is 1.71 bits per heavy atom. The SMILES string of the molecule is C[C@H]([N-]C(=O)C1(c2ccc(Cl)cc2)CC1)[C@H](O)c1ccccc1.[Li+]. The Morgan fingerprint density at radius 1 is 1.12 bits per heavy atom. The van der Waals surface area contributed by atoms with Gasteiger partial charge in [-0.1, -0.05) is 67.0 Å². The molecule has 0 unspecified atom stereocenters. The number of nitrogens with zero attached hydrogens (tertiary/aromatic N) is 1. The van der Waals surface area contributed by atoms with Gasteiger partial charge in [0.05, 0.1) is 12.0 Å². The van der Waals surface area contributed by atoms with Gasteiger partial charge in [0.15, 0.2) is 0 Å². The van der Waals surface area contributed by atoms with Gasteiger partial charge in [0, 0.05) is 10.4 Å². The van der Waals surface area contributed by atoms with Crippen molar-refractivity contribution in [1.82, 2.24) is 0 Å². The number of benzene rings is 2. The average molecular weight is 336 g/mol. The Hall–Kier alpha value is -1.24. The smallest absolute Gasteiger partial charge is 0.648 e. The van der Waals surface area contributed by atoms with Gasteiger partial charge in [0.2, 0.25) is 0 Å². The maximum absolute atomic E-state index is 12.6. The second kappa shape index (κ2) is 7.76. The van der Waals surface area contributed by atoms with Crippen molar-refractivity contribution in [2.75, 3.05) is 0 Å². The number of aliphatic hydroxyl groups is 1. The summed E-state index contributed by atoms with van der Waals surface area (Å²) in [5, 5.41) is 15.3. The van der Waals surface area contributed by atoms with E-state index >= 15 is 0 Å². The molecule has 0 heterocycles. The average Bonchev–Trinajstić information content (AvgIpc) is 3.37. The van der Waals surface area contributed by atoms with Gasteiger partial charge in [-0.05, 0) is 36.1 Å². The molecule has 2 aromatic carbocycles. The van der Waals surface area contributed by atoms with Gasteiger partial charge >= 0.3 is 18.9 Å². The first-order valence-corrected chi connectivity index (χ1v) is 8.15. The van der Waals surface area contributed by atoms with E-state index < -0.39 is 17.6 Å². The summed E-state index contributed by atoms with van der Waals surface area (Å²) in [5.41, 5.74) is 1.21. The van der Waals surface area contributed by atoms with Crippen molar-refractivity contribution in [2.24, 2.45) is 0 Å². The molecular formula is C19H19ClLiNO2. The number of halogens is 1. The molecule has 1 fully saturated rings. The third-order valence-electron chi connectivity index (χ3n) is 4.48. The van der Waals surface area contributed by atoms with Gasteiger partial charge in [-0.3, -0.25) is 0 Å². The van der Waals surface area contributed by atoms with Crippen molar-refractivity contribution in [3.8, 4) is 0 Å². The molecule has 0 bridgehead atoms. The van der Waals surface area contributed by atoms with Gasteiger partial charge in [-0.15, -0.1) is 0 Å². The van der Waals surface area contributed by atoms with E-state index in [0.29, 0.717) is 5.02 Å². The van der Waals surface area contributed by atoms with Crippen LogP contribution in [0.4, 0.5) is 0 Å². The van der Waals surface area contributed by atoms with Crippen LogP contribution < -0.4 is 18.9 Å². The first kappa shape index (κ1) is 19.1. The summed E-state index contributed by atoms with van der Waals surface area (Å²) in [6.07, 6.45) is 0.817. The summed E-state index contributed by atoms with van der Waals surface area (Å²) in [6.45, 7) is 1.77. The number of hydrogen-bond donors (Lipinski definition) is 1. The molecule has 3 rings (SSSR count). The van der Waals surface area contributed by atoms with E-state index in [1.54, 1.807) is 19.1 Å². The predicted octanol–water partition coefficient (Wildman–Crippen LogP) is 1.40. The molecule has 24 heavy (non-hydrogen) atoms. The van der Waals surface area contributed by atoms with Crippen molar-refractivity contribution >= 4 is 17.5 Å². The molecule has 0 aliphatic heterocycles. The Balaban J connectivity index is 0.00000208. The molecule has 3 nitrogen and oxygen atoms in total. The second-order valence-electron chi connectivity index (χ2n) is 6.12. The molecule has 1 aliphatic rings. The summed E-state index contributed by atoms with van der Waals surface area (Å²) < 4.78 is 0. The van der Waals surface area contributed by atoms with Crippen molar-refractivity contribution in [2.45, 2.75) is 37.3 Å². The molecule has 120 valence electrons. The quantitative estimate of drug-likeness (QED) is 0.840. The van der Waals surface area contributed by atoms with Crippen LogP contribution in [-0.2, 0) is 10.2 Å². The number of aliphatic hydroxyl groups excluding tert-OH is 1. The molecule has 1 amide bonds. The molecular weight excluding hydrogens is 317 g/mol. The van der Waals surface area contributed by atoms with Crippen LogP contribution in [0.15, 0.2) is 54.6 Å². The first-order valence-electron chi connectivity index (χ1n) is 7.77. The van der Waals surface area contributed by atoms with Crippen LogP contribution >= 0.6 is 11.6 Å². The normalized spacial score (nSPS) is 17.3. The maximum atomic E-state index is 12.6. The summed E-state index contributed by atoms with van der Waals surface area (Å²) in [4.78, 5) is 12.6. The molecule has 2 aromatic rings. The molecule has 0 saturated heterocycles. The van der Waals surface area contributed by atoms with Crippen molar-refractivity contribution < 1.29 is 28.8 Å². The number of amides is 1. The standard InChI is InChI=1S/C19H20ClNO2.Li/c1-13(17(22)14-5-3-2-4-6-14)21-18(23)19(11-12-19)15-7-9-16(20)10-8-15;/h2-10,13,17,22H,11-12H2,1H3,(H,21,23);/q;+1/p-1/t13-,17-;/m0./s1. The fraction of sp³-hybridized carbons (Fsp3) is 0.316. The minimum absolute atomic E-state index is 0. The molecule has 0 radical (unpaired) electrons. The Kier molecular flexibility index (Phi) is 6.17. The van der Waals surface area contributed by atoms with E-state index in [1.807, 2.05) is 42.5 Å². The minimum Gasteiger partial charge on any atom is -0.648 e. The summed E-state index contributed by atoms with van der Waals surface area (Å²) in [6, 6.07) is 16.2. The van der Waals surface area contributed by atoms with Crippen molar-refractivity contribution in [1.29, 1.82) is 0 Å². The van der Waals surface area contributed by atoms with E-state index in [2.05, 4.69) is 5.32 Å². The molecule has 2 atom stereocenters. The van der Waals surface area contributed by atoms with Gasteiger partial charge < -0.3 is 15.2 Å². The van der Waals surface area contributed by atoms with Gasteiger partial charge in [-0.25, -0.2) is 0 Å². The van der Waals surface area contributed by atoms with Crippen LogP contribution in [0.25, 0.3) is 5.32 Å². The van der Waals surface area contributed by atoms with Crippen LogP contribution in [0.1, 0.15) is 37.0 Å². The second-order valence-corrected chi connectivity index (χ2v) is 6.56. The molecule has 5 heteroatoms. The zero-order chi connectivity index (χ0) is 16.4. The number of rotatable bonds is 5. The summed E-state index contributed by atoms with van der Waals surface area (Å²) in [5.74, 6) is -0.151. The van der Waals surface area contributed by atoms with E-state index in [4.69, 9.17) is 11.6 Å². The topological polar surface area (TPSA) is 51.4 Å². The Morgan fingerprint density at radius 3 is 2.25 bits per heavy atom. The van der Waals surface area contributed by atoms with E-state index in [0.717, 1.165) is 24.0 Å². The monoisotopic (exact) mass is 335 g/mol. The fourth-order valence-electron chi connectivity index (χ4n) is 2.83. The number of carbonyl (C=O) groups is 1. The summed E-state index contributed by atoms with van der Waals surface area (Å²) in [7, 11) is 0. The Bertz CT molecular complexity index is 686. The van der Waals surface area contributed by atoms with E-state index in [9.17, 15) is 9.90 Å². The van der Waals surface area contributed by atoms with E-state index in [-0.39, 0.29) is 24.8 Å². The third kappa shape index (κ3) is 3.87. The van der Waals surface area contributed by atoms with Crippen molar-refractivity contribution in [3.63, 3.8) is 0 Å². The minimum atomic E-state index is -0.777. The van der Waals surface area contributed by atoms with Crippen LogP contribution in [0.3, 0.4) is 0 Å². The van der Waals surface area contributed by atoms with E-state index in [1.165, 1.54) is 0 Å². The molecule has 1 saturated carbocycles. The van der Waals surface area contributed by atoms with Gasteiger partial charge in [0.25, 0.3) is 0 Å². The molecule has 1 N–H and O–H groups in total.